The smallest absolute Gasteiger partial charge is 0.252 e. The molecule has 0 radical (unpaired) electrons. The predicted octanol–water partition coefficient (Wildman–Crippen LogP) is 3.20. The summed E-state index contributed by atoms with van der Waals surface area (Å²) in [5.41, 5.74) is 5.93. The number of benzene rings is 1. The first-order chi connectivity index (χ1) is 14.6. The number of pyridine rings is 1. The van der Waals surface area contributed by atoms with Crippen molar-refractivity contribution in [2.24, 2.45) is 5.84 Å². The number of ether oxygens (including phenoxy) is 1. The van der Waals surface area contributed by atoms with Crippen molar-refractivity contribution in [2.45, 2.75) is 38.5 Å². The number of carbonyl (C=O) groups is 2. The Labute approximate surface area is 176 Å². The molecule has 7 heteroatoms. The molecule has 3 rings (SSSR count). The van der Waals surface area contributed by atoms with E-state index in [1.807, 2.05) is 18.2 Å². The lowest BCUT2D eigenvalue weighted by Crippen LogP contribution is -2.25. The number of nitrogen functional groups attached to an aromatic ring is 1. The number of aromatic nitrogens is 1. The van der Waals surface area contributed by atoms with E-state index >= 15 is 0 Å². The minimum Gasteiger partial charge on any atom is -0.493 e. The number of allylic oxidation sites excluding steroid dienone is 1. The highest BCUT2D eigenvalue weighted by Crippen LogP contribution is 2.32. The fourth-order valence-corrected chi connectivity index (χ4v) is 3.61. The number of nitrogens with two attached hydrogens (primary N) is 1. The molecule has 1 heterocycles. The standard InChI is InChI=1S/C23H28N4O3/c1-2-6-19-17-7-5-8-20(28)18(17)10-11-21(19)30-14-4-3-13-25-23(29)16-9-12-22(27-24)26-15-16/h2,9-12,15H,1,3-8,13-14,24H2,(H,25,29)(H,26,27). The van der Waals surface area contributed by atoms with Crippen LogP contribution in [0, 0.1) is 0 Å². The van der Waals surface area contributed by atoms with E-state index in [2.05, 4.69) is 22.3 Å². The van der Waals surface area contributed by atoms with Crippen LogP contribution in [-0.2, 0) is 12.8 Å². The lowest BCUT2D eigenvalue weighted by Gasteiger charge is -2.21. The van der Waals surface area contributed by atoms with Gasteiger partial charge in [-0.05, 0) is 61.9 Å². The number of hydrogen-bond acceptors (Lipinski definition) is 6. The number of fused-ring (bicyclic) bond motifs is 1. The van der Waals surface area contributed by atoms with Gasteiger partial charge in [0.1, 0.15) is 11.6 Å². The monoisotopic (exact) mass is 408 g/mol. The van der Waals surface area contributed by atoms with Gasteiger partial charge in [0.05, 0.1) is 12.2 Å². The summed E-state index contributed by atoms with van der Waals surface area (Å²) in [5, 5.41) is 2.88. The summed E-state index contributed by atoms with van der Waals surface area (Å²) in [6.45, 7) is 4.94. The molecule has 1 aromatic heterocycles. The minimum absolute atomic E-state index is 0.167. The second-order valence-electron chi connectivity index (χ2n) is 7.23. The molecule has 0 fully saturated rings. The molecule has 0 saturated carbocycles. The van der Waals surface area contributed by atoms with Crippen molar-refractivity contribution < 1.29 is 14.3 Å². The van der Waals surface area contributed by atoms with Crippen LogP contribution in [0.2, 0.25) is 0 Å². The van der Waals surface area contributed by atoms with Crippen LogP contribution in [0.4, 0.5) is 5.82 Å². The second kappa shape index (κ2) is 10.5. The van der Waals surface area contributed by atoms with Gasteiger partial charge in [-0.25, -0.2) is 10.8 Å². The Bertz CT molecular complexity index is 909. The van der Waals surface area contributed by atoms with Crippen molar-refractivity contribution in [3.8, 4) is 5.75 Å². The van der Waals surface area contributed by atoms with Gasteiger partial charge < -0.3 is 15.5 Å². The van der Waals surface area contributed by atoms with Crippen molar-refractivity contribution in [3.05, 3.63) is 65.4 Å². The molecule has 30 heavy (non-hydrogen) atoms. The third-order valence-electron chi connectivity index (χ3n) is 5.16. The van der Waals surface area contributed by atoms with E-state index in [-0.39, 0.29) is 11.7 Å². The summed E-state index contributed by atoms with van der Waals surface area (Å²) in [6.07, 6.45) is 8.04. The molecule has 0 spiro atoms. The first-order valence-electron chi connectivity index (χ1n) is 10.3. The third-order valence-corrected chi connectivity index (χ3v) is 5.16. The Hall–Kier alpha value is -3.19. The summed E-state index contributed by atoms with van der Waals surface area (Å²) in [7, 11) is 0. The summed E-state index contributed by atoms with van der Waals surface area (Å²) in [5.74, 6) is 6.65. The van der Waals surface area contributed by atoms with Gasteiger partial charge in [-0.1, -0.05) is 6.08 Å². The quantitative estimate of drug-likeness (QED) is 0.241. The van der Waals surface area contributed by atoms with Crippen LogP contribution in [0.25, 0.3) is 0 Å². The fraction of sp³-hybridized carbons (Fsp3) is 0.348. The number of anilines is 1. The molecule has 0 aliphatic heterocycles. The molecule has 7 nitrogen and oxygen atoms in total. The number of hydrogen-bond donors (Lipinski definition) is 3. The molecule has 1 aliphatic rings. The average molecular weight is 409 g/mol. The maximum atomic E-state index is 12.2. The molecule has 1 amide bonds. The lowest BCUT2D eigenvalue weighted by molar-refractivity contribution is 0.0949. The van der Waals surface area contributed by atoms with Crippen LogP contribution in [-0.4, -0.2) is 29.8 Å². The van der Waals surface area contributed by atoms with Gasteiger partial charge in [0.15, 0.2) is 5.78 Å². The maximum absolute atomic E-state index is 12.2. The zero-order chi connectivity index (χ0) is 21.3. The maximum Gasteiger partial charge on any atom is 0.252 e. The molecule has 1 aliphatic carbocycles. The zero-order valence-corrected chi connectivity index (χ0v) is 17.1. The third kappa shape index (κ3) is 5.24. The Morgan fingerprint density at radius 2 is 2.10 bits per heavy atom. The first kappa shape index (κ1) is 21.5. The average Bonchev–Trinajstić information content (AvgIpc) is 2.77. The molecular formula is C23H28N4O3. The van der Waals surface area contributed by atoms with Gasteiger partial charge in [0, 0.05) is 30.3 Å². The van der Waals surface area contributed by atoms with Crippen LogP contribution in [0.3, 0.4) is 0 Å². The van der Waals surface area contributed by atoms with E-state index in [1.54, 1.807) is 12.1 Å². The number of carbonyl (C=O) groups excluding carboxylic acids is 2. The van der Waals surface area contributed by atoms with E-state index in [1.165, 1.54) is 6.20 Å². The van der Waals surface area contributed by atoms with E-state index in [0.717, 1.165) is 48.1 Å². The van der Waals surface area contributed by atoms with Crippen molar-refractivity contribution in [1.29, 1.82) is 0 Å². The van der Waals surface area contributed by atoms with E-state index in [9.17, 15) is 9.59 Å². The molecule has 0 unspecified atom stereocenters. The number of hydrazine groups is 1. The van der Waals surface area contributed by atoms with Gasteiger partial charge in [-0.15, -0.1) is 6.58 Å². The number of amides is 1. The largest absolute Gasteiger partial charge is 0.493 e. The van der Waals surface area contributed by atoms with Gasteiger partial charge in [-0.3, -0.25) is 9.59 Å². The summed E-state index contributed by atoms with van der Waals surface area (Å²) >= 11 is 0. The van der Waals surface area contributed by atoms with Crippen molar-refractivity contribution in [2.75, 3.05) is 18.6 Å². The minimum atomic E-state index is -0.167. The molecule has 2 aromatic rings. The molecule has 158 valence electrons. The van der Waals surface area contributed by atoms with E-state index in [4.69, 9.17) is 10.6 Å². The lowest BCUT2D eigenvalue weighted by atomic mass is 9.86. The highest BCUT2D eigenvalue weighted by atomic mass is 16.5. The highest BCUT2D eigenvalue weighted by Gasteiger charge is 2.21. The Balaban J connectivity index is 1.46. The van der Waals surface area contributed by atoms with Crippen LogP contribution in [0.15, 0.2) is 43.1 Å². The van der Waals surface area contributed by atoms with Crippen LogP contribution < -0.4 is 21.3 Å². The SMILES string of the molecule is C=CCc1c(OCCCCNC(=O)c2ccc(NN)nc2)ccc2c1CCCC2=O. The summed E-state index contributed by atoms with van der Waals surface area (Å²) in [4.78, 5) is 28.3. The molecule has 4 N–H and O–H groups in total. The Morgan fingerprint density at radius 3 is 2.83 bits per heavy atom. The number of ketones is 1. The highest BCUT2D eigenvalue weighted by molar-refractivity contribution is 5.99. The van der Waals surface area contributed by atoms with Crippen LogP contribution in [0.1, 0.15) is 57.5 Å². The van der Waals surface area contributed by atoms with Crippen molar-refractivity contribution >= 4 is 17.5 Å². The van der Waals surface area contributed by atoms with Crippen molar-refractivity contribution in [1.82, 2.24) is 10.3 Å². The summed E-state index contributed by atoms with van der Waals surface area (Å²) < 4.78 is 6.01. The Kier molecular flexibility index (Phi) is 7.57. The zero-order valence-electron chi connectivity index (χ0n) is 17.1. The van der Waals surface area contributed by atoms with Gasteiger partial charge in [-0.2, -0.15) is 0 Å². The van der Waals surface area contributed by atoms with Crippen LogP contribution in [0.5, 0.6) is 5.75 Å². The molecule has 0 atom stereocenters. The van der Waals surface area contributed by atoms with E-state index < -0.39 is 0 Å². The van der Waals surface area contributed by atoms with Gasteiger partial charge in [0.2, 0.25) is 0 Å². The predicted molar refractivity (Wildman–Crippen MR) is 117 cm³/mol. The van der Waals surface area contributed by atoms with Crippen molar-refractivity contribution in [3.63, 3.8) is 0 Å². The molecule has 0 bridgehead atoms. The fourth-order valence-electron chi connectivity index (χ4n) is 3.61. The number of unbranched alkanes of at least 4 members (excludes halogenated alkanes) is 1. The molecular weight excluding hydrogens is 380 g/mol. The summed E-state index contributed by atoms with van der Waals surface area (Å²) in [6, 6.07) is 7.10. The van der Waals surface area contributed by atoms with Gasteiger partial charge >= 0.3 is 0 Å². The topological polar surface area (TPSA) is 106 Å². The van der Waals surface area contributed by atoms with E-state index in [0.29, 0.717) is 37.4 Å². The van der Waals surface area contributed by atoms with Gasteiger partial charge in [0.25, 0.3) is 5.91 Å². The number of Topliss-reactive ketones (excluding diaryl/α,β-unsaturated/α-hetero) is 1. The Morgan fingerprint density at radius 1 is 1.23 bits per heavy atom. The first-order valence-corrected chi connectivity index (χ1v) is 10.3. The molecule has 1 aromatic carbocycles. The second-order valence-corrected chi connectivity index (χ2v) is 7.23. The number of nitrogens with zero attached hydrogens (tertiary/aromatic N) is 1. The number of nitrogens with one attached hydrogen (secondary N) is 2. The van der Waals surface area contributed by atoms with Crippen LogP contribution >= 0.6 is 0 Å². The normalized spacial score (nSPS) is 12.8. The number of rotatable bonds is 10. The molecule has 0 saturated heterocycles.